The highest BCUT2D eigenvalue weighted by atomic mass is 16.7. The predicted octanol–water partition coefficient (Wildman–Crippen LogP) is 1.47. The minimum atomic E-state index is -0.532. The average Bonchev–Trinajstić information content (AvgIpc) is 1.84. The van der Waals surface area contributed by atoms with Crippen LogP contribution in [0.5, 0.6) is 0 Å². The number of rotatable bonds is 5. The van der Waals surface area contributed by atoms with Gasteiger partial charge in [-0.05, 0) is 27.7 Å². The summed E-state index contributed by atoms with van der Waals surface area (Å²) in [7, 11) is 1.03. The molecule has 3 nitrogen and oxygen atoms in total. The molecule has 0 aliphatic rings. The molecule has 0 amide bonds. The van der Waals surface area contributed by atoms with E-state index in [1.54, 1.807) is 7.11 Å². The highest BCUT2D eigenvalue weighted by molar-refractivity contribution is 6.36. The molecule has 0 heterocycles. The molecular formula is C7H17BO3. The van der Waals surface area contributed by atoms with E-state index < -0.39 is 7.32 Å². The lowest BCUT2D eigenvalue weighted by molar-refractivity contribution is 0.0642. The normalized spacial score (nSPS) is 11.2. The molecule has 0 aromatic rings. The van der Waals surface area contributed by atoms with Crippen LogP contribution < -0.4 is 0 Å². The van der Waals surface area contributed by atoms with E-state index in [4.69, 9.17) is 14.0 Å². The molecule has 0 spiro atoms. The molecule has 0 rings (SSSR count). The average molecular weight is 160 g/mol. The summed E-state index contributed by atoms with van der Waals surface area (Å²) in [5.41, 5.74) is 0. The van der Waals surface area contributed by atoms with Gasteiger partial charge in [-0.2, -0.15) is 0 Å². The summed E-state index contributed by atoms with van der Waals surface area (Å²) in [6.07, 6.45) is 0.248. The maximum Gasteiger partial charge on any atom is 0.639 e. The topological polar surface area (TPSA) is 27.7 Å². The Hall–Kier alpha value is -0.0551. The minimum absolute atomic E-state index is 0.124. The largest absolute Gasteiger partial charge is 0.639 e. The number of hydrogen-bond acceptors (Lipinski definition) is 3. The summed E-state index contributed by atoms with van der Waals surface area (Å²) in [6.45, 7) is 7.76. The molecule has 0 bridgehead atoms. The van der Waals surface area contributed by atoms with Gasteiger partial charge in [-0.3, -0.25) is 0 Å². The second-order valence-electron chi connectivity index (χ2n) is 2.89. The molecule has 11 heavy (non-hydrogen) atoms. The molecule has 0 saturated carbocycles. The predicted molar refractivity (Wildman–Crippen MR) is 45.2 cm³/mol. The second kappa shape index (κ2) is 5.58. The van der Waals surface area contributed by atoms with Crippen molar-refractivity contribution in [2.45, 2.75) is 39.9 Å². The van der Waals surface area contributed by atoms with Crippen LogP contribution in [0.3, 0.4) is 0 Å². The highest BCUT2D eigenvalue weighted by Gasteiger charge is 2.21. The molecular weight excluding hydrogens is 143 g/mol. The van der Waals surface area contributed by atoms with Gasteiger partial charge in [0, 0.05) is 19.3 Å². The van der Waals surface area contributed by atoms with E-state index in [1.807, 2.05) is 27.7 Å². The van der Waals surface area contributed by atoms with Crippen LogP contribution in [0.15, 0.2) is 0 Å². The maximum atomic E-state index is 5.27. The summed E-state index contributed by atoms with van der Waals surface area (Å²) >= 11 is 0. The fraction of sp³-hybridized carbons (Fsp3) is 1.00. The fourth-order valence-corrected chi connectivity index (χ4v) is 0.588. The zero-order valence-corrected chi connectivity index (χ0v) is 7.96. The van der Waals surface area contributed by atoms with Crippen molar-refractivity contribution < 1.29 is 14.0 Å². The lowest BCUT2D eigenvalue weighted by Gasteiger charge is -2.16. The van der Waals surface area contributed by atoms with E-state index >= 15 is 0 Å². The Morgan fingerprint density at radius 1 is 0.909 bits per heavy atom. The zero-order valence-electron chi connectivity index (χ0n) is 7.96. The van der Waals surface area contributed by atoms with E-state index in [0.29, 0.717) is 0 Å². The molecule has 0 fully saturated rings. The molecule has 0 aliphatic carbocycles. The van der Waals surface area contributed by atoms with Gasteiger partial charge in [-0.25, -0.2) is 0 Å². The first-order valence-corrected chi connectivity index (χ1v) is 3.90. The first kappa shape index (κ1) is 10.9. The SMILES string of the molecule is COB(OC(C)C)OC(C)C. The quantitative estimate of drug-likeness (QED) is 0.570. The summed E-state index contributed by atoms with van der Waals surface area (Å²) in [5, 5.41) is 0. The minimum Gasteiger partial charge on any atom is -0.389 e. The van der Waals surface area contributed by atoms with Gasteiger partial charge in [0.25, 0.3) is 0 Å². The van der Waals surface area contributed by atoms with Gasteiger partial charge in [0.2, 0.25) is 0 Å². The Labute approximate surface area is 69.2 Å². The lowest BCUT2D eigenvalue weighted by atomic mass is 10.2. The third-order valence-corrected chi connectivity index (χ3v) is 0.959. The van der Waals surface area contributed by atoms with Crippen molar-refractivity contribution in [3.63, 3.8) is 0 Å². The molecule has 0 N–H and O–H groups in total. The highest BCUT2D eigenvalue weighted by Crippen LogP contribution is 1.99. The van der Waals surface area contributed by atoms with Crippen LogP contribution in [0.2, 0.25) is 0 Å². The lowest BCUT2D eigenvalue weighted by Crippen LogP contribution is -2.31. The first-order chi connectivity index (χ1) is 5.06. The third kappa shape index (κ3) is 6.35. The van der Waals surface area contributed by atoms with E-state index in [0.717, 1.165) is 0 Å². The summed E-state index contributed by atoms with van der Waals surface area (Å²) in [4.78, 5) is 0. The van der Waals surface area contributed by atoms with Gasteiger partial charge in [0.15, 0.2) is 0 Å². The van der Waals surface area contributed by atoms with Crippen LogP contribution in [0.1, 0.15) is 27.7 Å². The van der Waals surface area contributed by atoms with Crippen molar-refractivity contribution in [3.05, 3.63) is 0 Å². The van der Waals surface area contributed by atoms with Crippen molar-refractivity contribution in [2.24, 2.45) is 0 Å². The molecule has 0 aliphatic heterocycles. The van der Waals surface area contributed by atoms with Crippen LogP contribution in [-0.2, 0) is 14.0 Å². The summed E-state index contributed by atoms with van der Waals surface area (Å²) in [5.74, 6) is 0. The van der Waals surface area contributed by atoms with E-state index in [-0.39, 0.29) is 12.2 Å². The second-order valence-corrected chi connectivity index (χ2v) is 2.89. The molecule has 0 atom stereocenters. The van der Waals surface area contributed by atoms with Gasteiger partial charge >= 0.3 is 7.32 Å². The van der Waals surface area contributed by atoms with Crippen LogP contribution in [0.4, 0.5) is 0 Å². The Kier molecular flexibility index (Phi) is 5.55. The van der Waals surface area contributed by atoms with Crippen LogP contribution >= 0.6 is 0 Å². The van der Waals surface area contributed by atoms with Crippen molar-refractivity contribution in [2.75, 3.05) is 7.11 Å². The number of hydrogen-bond donors (Lipinski definition) is 0. The fourth-order valence-electron chi connectivity index (χ4n) is 0.588. The Balaban J connectivity index is 3.58. The van der Waals surface area contributed by atoms with Crippen LogP contribution in [0, 0.1) is 0 Å². The van der Waals surface area contributed by atoms with Gasteiger partial charge in [0.05, 0.1) is 0 Å². The Morgan fingerprint density at radius 2 is 1.27 bits per heavy atom. The van der Waals surface area contributed by atoms with E-state index in [9.17, 15) is 0 Å². The van der Waals surface area contributed by atoms with Gasteiger partial charge in [0.1, 0.15) is 0 Å². The molecule has 0 aromatic carbocycles. The van der Waals surface area contributed by atoms with Crippen LogP contribution in [0.25, 0.3) is 0 Å². The zero-order chi connectivity index (χ0) is 8.85. The van der Waals surface area contributed by atoms with E-state index in [2.05, 4.69) is 0 Å². The molecule has 4 heteroatoms. The van der Waals surface area contributed by atoms with Crippen molar-refractivity contribution in [1.29, 1.82) is 0 Å². The van der Waals surface area contributed by atoms with Crippen LogP contribution in [-0.4, -0.2) is 26.6 Å². The molecule has 0 unspecified atom stereocenters. The standard InChI is InChI=1S/C7H17BO3/c1-6(2)10-8(9-5)11-7(3)4/h6-7H,1-5H3. The molecule has 0 radical (unpaired) electrons. The van der Waals surface area contributed by atoms with Gasteiger partial charge in [-0.15, -0.1) is 0 Å². The Bertz CT molecular complexity index is 85.7. The smallest absolute Gasteiger partial charge is 0.389 e. The van der Waals surface area contributed by atoms with Crippen molar-refractivity contribution in [1.82, 2.24) is 0 Å². The molecule has 0 saturated heterocycles. The van der Waals surface area contributed by atoms with Gasteiger partial charge in [-0.1, -0.05) is 0 Å². The van der Waals surface area contributed by atoms with Crippen molar-refractivity contribution >= 4 is 7.32 Å². The molecule has 0 aromatic heterocycles. The third-order valence-electron chi connectivity index (χ3n) is 0.959. The first-order valence-electron chi connectivity index (χ1n) is 3.90. The monoisotopic (exact) mass is 160 g/mol. The Morgan fingerprint density at radius 3 is 1.45 bits per heavy atom. The summed E-state index contributed by atoms with van der Waals surface area (Å²) in [6, 6.07) is 0. The van der Waals surface area contributed by atoms with E-state index in [1.165, 1.54) is 0 Å². The molecule has 66 valence electrons. The maximum absolute atomic E-state index is 5.27. The van der Waals surface area contributed by atoms with Crippen molar-refractivity contribution in [3.8, 4) is 0 Å². The summed E-state index contributed by atoms with van der Waals surface area (Å²) < 4.78 is 15.5. The van der Waals surface area contributed by atoms with Gasteiger partial charge < -0.3 is 14.0 Å².